The molecule has 2 amide bonds. The molecule has 188 valence electrons. The molecule has 10 nitrogen and oxygen atoms in total. The highest BCUT2D eigenvalue weighted by Gasteiger charge is 2.35. The molecule has 1 aliphatic heterocycles. The van der Waals surface area contributed by atoms with Gasteiger partial charge in [0.2, 0.25) is 11.9 Å². The Labute approximate surface area is 204 Å². The molecule has 0 saturated heterocycles. The second-order valence-electron chi connectivity index (χ2n) is 8.91. The number of nitrogens with zero attached hydrogens (tertiary/aromatic N) is 1. The zero-order valence-electron chi connectivity index (χ0n) is 20.9. The molecule has 0 saturated carbocycles. The predicted octanol–water partition coefficient (Wildman–Crippen LogP) is 3.05. The Kier molecular flexibility index (Phi) is 7.42. The van der Waals surface area contributed by atoms with E-state index in [1.807, 2.05) is 19.1 Å². The van der Waals surface area contributed by atoms with Gasteiger partial charge in [0.15, 0.2) is 23.0 Å². The largest absolute Gasteiger partial charge is 0.493 e. The van der Waals surface area contributed by atoms with Crippen molar-refractivity contribution >= 4 is 17.8 Å². The third-order valence-electron chi connectivity index (χ3n) is 5.17. The monoisotopic (exact) mass is 486 g/mol. The number of carbonyl (C=O) groups excluding carboxylic acids is 3. The average molecular weight is 487 g/mol. The van der Waals surface area contributed by atoms with Crippen molar-refractivity contribution in [2.75, 3.05) is 20.8 Å². The number of esters is 1. The van der Waals surface area contributed by atoms with E-state index in [4.69, 9.17) is 23.7 Å². The van der Waals surface area contributed by atoms with E-state index in [1.54, 1.807) is 26.8 Å². The van der Waals surface area contributed by atoms with Gasteiger partial charge in [-0.05, 0) is 51.5 Å². The SMILES string of the molecule is COc1cc(C(=O)N(NC(=O)C2COc3c(C)cccc3O2)C(C)(C)C)cc(OC)c1OC(C)=O. The van der Waals surface area contributed by atoms with Crippen molar-refractivity contribution in [1.82, 2.24) is 10.4 Å². The number of methoxy groups -OCH3 is 2. The molecule has 2 aromatic rings. The van der Waals surface area contributed by atoms with Crippen molar-refractivity contribution in [3.05, 3.63) is 41.5 Å². The minimum absolute atomic E-state index is 0.00537. The lowest BCUT2D eigenvalue weighted by atomic mass is 10.1. The molecule has 1 N–H and O–H groups in total. The zero-order chi connectivity index (χ0) is 25.9. The van der Waals surface area contributed by atoms with Crippen LogP contribution in [-0.4, -0.2) is 55.3 Å². The number of carbonyl (C=O) groups is 3. The van der Waals surface area contributed by atoms with Crippen LogP contribution in [-0.2, 0) is 9.59 Å². The van der Waals surface area contributed by atoms with Gasteiger partial charge in [0.25, 0.3) is 11.8 Å². The van der Waals surface area contributed by atoms with E-state index in [0.29, 0.717) is 11.5 Å². The third-order valence-corrected chi connectivity index (χ3v) is 5.17. The Balaban J connectivity index is 1.88. The molecule has 1 atom stereocenters. The van der Waals surface area contributed by atoms with Gasteiger partial charge < -0.3 is 23.7 Å². The first-order valence-electron chi connectivity index (χ1n) is 10.9. The molecule has 35 heavy (non-hydrogen) atoms. The van der Waals surface area contributed by atoms with Crippen LogP contribution in [0.2, 0.25) is 0 Å². The number of amides is 2. The Morgan fingerprint density at radius 1 is 1.09 bits per heavy atom. The van der Waals surface area contributed by atoms with Gasteiger partial charge >= 0.3 is 5.97 Å². The van der Waals surface area contributed by atoms with Crippen LogP contribution in [0.4, 0.5) is 0 Å². The summed E-state index contributed by atoms with van der Waals surface area (Å²) in [5.41, 5.74) is 2.89. The molecular formula is C25H30N2O8. The first kappa shape index (κ1) is 25.7. The van der Waals surface area contributed by atoms with Crippen molar-refractivity contribution < 1.29 is 38.1 Å². The van der Waals surface area contributed by atoms with Gasteiger partial charge in [0.1, 0.15) is 6.61 Å². The van der Waals surface area contributed by atoms with Crippen molar-refractivity contribution in [2.24, 2.45) is 0 Å². The summed E-state index contributed by atoms with van der Waals surface area (Å²) in [6.07, 6.45) is -0.961. The first-order valence-corrected chi connectivity index (χ1v) is 10.9. The highest BCUT2D eigenvalue weighted by molar-refractivity contribution is 5.97. The van der Waals surface area contributed by atoms with Gasteiger partial charge in [-0.25, -0.2) is 5.01 Å². The number of hydrazine groups is 1. The number of rotatable bonds is 5. The number of fused-ring (bicyclic) bond motifs is 1. The lowest BCUT2D eigenvalue weighted by molar-refractivity contribution is -0.136. The highest BCUT2D eigenvalue weighted by atomic mass is 16.6. The van der Waals surface area contributed by atoms with Crippen molar-refractivity contribution in [1.29, 1.82) is 0 Å². The van der Waals surface area contributed by atoms with Crippen LogP contribution in [0.5, 0.6) is 28.7 Å². The fraction of sp³-hybridized carbons (Fsp3) is 0.400. The molecule has 1 unspecified atom stereocenters. The first-order chi connectivity index (χ1) is 16.5. The molecule has 0 bridgehead atoms. The lowest BCUT2D eigenvalue weighted by Crippen LogP contribution is -2.59. The smallest absolute Gasteiger partial charge is 0.308 e. The van der Waals surface area contributed by atoms with Crippen LogP contribution in [0, 0.1) is 6.92 Å². The Morgan fingerprint density at radius 3 is 2.26 bits per heavy atom. The summed E-state index contributed by atoms with van der Waals surface area (Å²) in [6, 6.07) is 8.24. The summed E-state index contributed by atoms with van der Waals surface area (Å²) in [5.74, 6) is -0.311. The molecule has 10 heteroatoms. The molecule has 0 aliphatic carbocycles. The fourth-order valence-electron chi connectivity index (χ4n) is 3.46. The molecule has 1 aliphatic rings. The minimum Gasteiger partial charge on any atom is -0.493 e. The minimum atomic E-state index is -0.961. The Bertz CT molecular complexity index is 1110. The molecular weight excluding hydrogens is 456 g/mol. The van der Waals surface area contributed by atoms with E-state index in [0.717, 1.165) is 5.56 Å². The standard InChI is InChI=1S/C25H30N2O8/c1-14-9-8-10-17-21(14)33-13-20(35-17)23(29)26-27(25(3,4)5)24(30)16-11-18(31-6)22(34-15(2)28)19(12-16)32-7/h8-12,20H,13H2,1-7H3,(H,26,29). The van der Waals surface area contributed by atoms with Crippen molar-refractivity contribution in [3.63, 3.8) is 0 Å². The normalized spacial score (nSPS) is 14.5. The fourth-order valence-corrected chi connectivity index (χ4v) is 3.46. The van der Waals surface area contributed by atoms with Gasteiger partial charge in [-0.3, -0.25) is 19.8 Å². The van der Waals surface area contributed by atoms with Crippen LogP contribution < -0.4 is 29.1 Å². The summed E-state index contributed by atoms with van der Waals surface area (Å²) in [5, 5.41) is 1.20. The van der Waals surface area contributed by atoms with E-state index in [1.165, 1.54) is 38.3 Å². The van der Waals surface area contributed by atoms with Gasteiger partial charge in [-0.15, -0.1) is 0 Å². The van der Waals surface area contributed by atoms with Crippen LogP contribution in [0.25, 0.3) is 0 Å². The molecule has 3 rings (SSSR count). The molecule has 0 radical (unpaired) electrons. The average Bonchev–Trinajstić information content (AvgIpc) is 2.80. The van der Waals surface area contributed by atoms with Crippen LogP contribution in [0.1, 0.15) is 43.6 Å². The van der Waals surface area contributed by atoms with Crippen molar-refractivity contribution in [3.8, 4) is 28.7 Å². The van der Waals surface area contributed by atoms with Gasteiger partial charge in [-0.2, -0.15) is 0 Å². The maximum Gasteiger partial charge on any atom is 0.308 e. The molecule has 0 aromatic heterocycles. The number of ether oxygens (including phenoxy) is 5. The topological polar surface area (TPSA) is 113 Å². The van der Waals surface area contributed by atoms with Gasteiger partial charge in [-0.1, -0.05) is 12.1 Å². The van der Waals surface area contributed by atoms with Crippen molar-refractivity contribution in [2.45, 2.75) is 46.3 Å². The maximum absolute atomic E-state index is 13.5. The number of nitrogens with one attached hydrogen (secondary N) is 1. The Morgan fingerprint density at radius 2 is 1.71 bits per heavy atom. The van der Waals surface area contributed by atoms with E-state index >= 15 is 0 Å². The summed E-state index contributed by atoms with van der Waals surface area (Å²) < 4.78 is 27.4. The third kappa shape index (κ3) is 5.59. The summed E-state index contributed by atoms with van der Waals surface area (Å²) in [6.45, 7) is 8.43. The van der Waals surface area contributed by atoms with E-state index in [-0.39, 0.29) is 29.4 Å². The van der Waals surface area contributed by atoms with Crippen LogP contribution in [0.15, 0.2) is 30.3 Å². The second kappa shape index (κ2) is 10.1. The number of hydrogen-bond donors (Lipinski definition) is 1. The summed E-state index contributed by atoms with van der Waals surface area (Å²) >= 11 is 0. The lowest BCUT2D eigenvalue weighted by Gasteiger charge is -2.37. The van der Waals surface area contributed by atoms with E-state index in [9.17, 15) is 14.4 Å². The molecule has 0 spiro atoms. The van der Waals surface area contributed by atoms with E-state index < -0.39 is 29.4 Å². The number of para-hydroxylation sites is 1. The maximum atomic E-state index is 13.5. The zero-order valence-corrected chi connectivity index (χ0v) is 20.9. The molecule has 1 heterocycles. The molecule has 2 aromatic carbocycles. The Hall–Kier alpha value is -3.95. The van der Waals surface area contributed by atoms with Crippen LogP contribution >= 0.6 is 0 Å². The molecule has 0 fully saturated rings. The number of aryl methyl sites for hydroxylation is 1. The van der Waals surface area contributed by atoms with E-state index in [2.05, 4.69) is 5.43 Å². The van der Waals surface area contributed by atoms with Gasteiger partial charge in [0, 0.05) is 12.5 Å². The highest BCUT2D eigenvalue weighted by Crippen LogP contribution is 2.39. The summed E-state index contributed by atoms with van der Waals surface area (Å²) in [4.78, 5) is 38.1. The van der Waals surface area contributed by atoms with Crippen LogP contribution in [0.3, 0.4) is 0 Å². The second-order valence-corrected chi connectivity index (χ2v) is 8.91. The quantitative estimate of drug-likeness (QED) is 0.390. The number of benzene rings is 2. The predicted molar refractivity (Wildman–Crippen MR) is 126 cm³/mol. The summed E-state index contributed by atoms with van der Waals surface area (Å²) in [7, 11) is 2.75. The van der Waals surface area contributed by atoms with Gasteiger partial charge in [0.05, 0.1) is 19.8 Å². The number of hydrogen-bond acceptors (Lipinski definition) is 8.